The van der Waals surface area contributed by atoms with Crippen LogP contribution in [0.4, 0.5) is 0 Å². The maximum atomic E-state index is 2.45. The minimum atomic E-state index is 0.326. The molecule has 0 aromatic heterocycles. The van der Waals surface area contributed by atoms with E-state index in [1.165, 1.54) is 31.3 Å². The van der Waals surface area contributed by atoms with Crippen LogP contribution >= 0.6 is 0 Å². The third kappa shape index (κ3) is 5.85. The molecule has 20 heavy (non-hydrogen) atoms. The van der Waals surface area contributed by atoms with E-state index in [0.717, 1.165) is 12.3 Å². The zero-order valence-electron chi connectivity index (χ0n) is 15.3. The Morgan fingerprint density at radius 3 is 2.05 bits per heavy atom. The summed E-state index contributed by atoms with van der Waals surface area (Å²) in [7, 11) is 0. The molecule has 118 valence electrons. The molecule has 0 aromatic rings. The lowest BCUT2D eigenvalue weighted by Gasteiger charge is -2.36. The minimum absolute atomic E-state index is 0.326. The molecule has 0 bridgehead atoms. The maximum Gasteiger partial charge on any atom is -0.0114 e. The number of hydrogen-bond donors (Lipinski definition) is 0. The van der Waals surface area contributed by atoms with Gasteiger partial charge < -0.3 is 0 Å². The average Bonchev–Trinajstić information content (AvgIpc) is 2.39. The maximum absolute atomic E-state index is 2.45. The highest BCUT2D eigenvalue weighted by Crippen LogP contribution is 2.41. The van der Waals surface area contributed by atoms with Gasteiger partial charge in [0.05, 0.1) is 0 Å². The second kappa shape index (κ2) is 9.42. The average molecular weight is 279 g/mol. The fourth-order valence-corrected chi connectivity index (χ4v) is 3.00. The first-order chi connectivity index (χ1) is 9.31. The molecule has 0 aliphatic rings. The van der Waals surface area contributed by atoms with Gasteiger partial charge in [0, 0.05) is 0 Å². The Kier molecular flexibility index (Phi) is 9.18. The van der Waals surface area contributed by atoms with E-state index in [1.807, 2.05) is 0 Å². The summed E-state index contributed by atoms with van der Waals surface area (Å²) in [6.07, 6.45) is 11.2. The summed E-state index contributed by atoms with van der Waals surface area (Å²) >= 11 is 0. The molecule has 0 heteroatoms. The monoisotopic (exact) mass is 278 g/mol. The zero-order valence-corrected chi connectivity index (χ0v) is 15.3. The molecule has 0 aliphatic carbocycles. The topological polar surface area (TPSA) is 0 Å². The van der Waals surface area contributed by atoms with E-state index >= 15 is 0 Å². The van der Waals surface area contributed by atoms with Crippen molar-refractivity contribution in [2.45, 2.75) is 87.5 Å². The van der Waals surface area contributed by atoms with E-state index in [1.54, 1.807) is 5.57 Å². The first kappa shape index (κ1) is 19.5. The Morgan fingerprint density at radius 2 is 1.65 bits per heavy atom. The van der Waals surface area contributed by atoms with Gasteiger partial charge in [-0.15, -0.1) is 0 Å². The molecular formula is C20H38. The fourth-order valence-electron chi connectivity index (χ4n) is 3.00. The Labute approximate surface area is 128 Å². The first-order valence-corrected chi connectivity index (χ1v) is 8.68. The second-order valence-corrected chi connectivity index (χ2v) is 7.08. The van der Waals surface area contributed by atoms with Crippen LogP contribution in [0.2, 0.25) is 0 Å². The van der Waals surface area contributed by atoms with E-state index in [2.05, 4.69) is 67.5 Å². The smallest absolute Gasteiger partial charge is 0.0114 e. The summed E-state index contributed by atoms with van der Waals surface area (Å²) in [6.45, 7) is 18.6. The molecule has 1 atom stereocenters. The third-order valence-electron chi connectivity index (χ3n) is 5.09. The van der Waals surface area contributed by atoms with E-state index in [0.29, 0.717) is 11.3 Å². The van der Waals surface area contributed by atoms with Gasteiger partial charge in [-0.3, -0.25) is 0 Å². The number of allylic oxidation sites excluding steroid dienone is 4. The molecule has 0 saturated carbocycles. The highest BCUT2D eigenvalue weighted by Gasteiger charge is 2.30. The van der Waals surface area contributed by atoms with Crippen molar-refractivity contribution in [3.8, 4) is 0 Å². The molecule has 0 fully saturated rings. The molecular weight excluding hydrogens is 240 g/mol. The van der Waals surface area contributed by atoms with Crippen LogP contribution in [0.3, 0.4) is 0 Å². The van der Waals surface area contributed by atoms with Crippen molar-refractivity contribution in [3.05, 3.63) is 23.3 Å². The van der Waals surface area contributed by atoms with Crippen molar-refractivity contribution in [2.24, 2.45) is 17.3 Å². The highest BCUT2D eigenvalue weighted by molar-refractivity contribution is 5.22. The zero-order chi connectivity index (χ0) is 15.8. The van der Waals surface area contributed by atoms with Crippen molar-refractivity contribution >= 4 is 0 Å². The predicted octanol–water partition coefficient (Wildman–Crippen LogP) is 7.17. The van der Waals surface area contributed by atoms with Crippen LogP contribution in [0.5, 0.6) is 0 Å². The molecule has 0 radical (unpaired) electrons. The van der Waals surface area contributed by atoms with Gasteiger partial charge in [0.15, 0.2) is 0 Å². The number of rotatable bonds is 9. The van der Waals surface area contributed by atoms with Gasteiger partial charge in [-0.05, 0) is 37.0 Å². The lowest BCUT2D eigenvalue weighted by molar-refractivity contribution is 0.230. The standard InChI is InChI=1S/C20H38/c1-9-12-13-18(10-2)20(7,8)19(11-3)15-14-17(6)16(4)5/h14-16,18H,9-13H2,1-8H3. The van der Waals surface area contributed by atoms with Crippen LogP contribution in [0.25, 0.3) is 0 Å². The highest BCUT2D eigenvalue weighted by atomic mass is 14.3. The lowest BCUT2D eigenvalue weighted by Crippen LogP contribution is -2.26. The summed E-state index contributed by atoms with van der Waals surface area (Å²) in [5.74, 6) is 1.45. The SMILES string of the molecule is CCCCC(CC)C(C)(C)C(=CC=C(C)C(C)C)CC. The normalized spacial score (nSPS) is 15.8. The number of hydrogen-bond acceptors (Lipinski definition) is 0. The molecule has 1 unspecified atom stereocenters. The molecule has 0 heterocycles. The van der Waals surface area contributed by atoms with Crippen molar-refractivity contribution in [2.75, 3.05) is 0 Å². The van der Waals surface area contributed by atoms with Crippen molar-refractivity contribution in [1.29, 1.82) is 0 Å². The van der Waals surface area contributed by atoms with Gasteiger partial charge in [-0.1, -0.05) is 91.0 Å². The Bertz CT molecular complexity index is 315. The summed E-state index contributed by atoms with van der Waals surface area (Å²) in [5.41, 5.74) is 3.42. The molecule has 0 aromatic carbocycles. The Morgan fingerprint density at radius 1 is 1.05 bits per heavy atom. The van der Waals surface area contributed by atoms with Crippen LogP contribution in [0.15, 0.2) is 23.3 Å². The van der Waals surface area contributed by atoms with E-state index in [4.69, 9.17) is 0 Å². The largest absolute Gasteiger partial charge is 0.0708 e. The summed E-state index contributed by atoms with van der Waals surface area (Å²) in [5, 5.41) is 0. The molecule has 0 nitrogen and oxygen atoms in total. The Balaban J connectivity index is 5.17. The summed E-state index contributed by atoms with van der Waals surface area (Å²) < 4.78 is 0. The predicted molar refractivity (Wildman–Crippen MR) is 94.1 cm³/mol. The van der Waals surface area contributed by atoms with Gasteiger partial charge in [0.2, 0.25) is 0 Å². The molecule has 0 spiro atoms. The van der Waals surface area contributed by atoms with Crippen molar-refractivity contribution in [1.82, 2.24) is 0 Å². The van der Waals surface area contributed by atoms with Crippen molar-refractivity contribution < 1.29 is 0 Å². The van der Waals surface area contributed by atoms with Crippen LogP contribution < -0.4 is 0 Å². The van der Waals surface area contributed by atoms with Gasteiger partial charge in [-0.25, -0.2) is 0 Å². The van der Waals surface area contributed by atoms with Gasteiger partial charge >= 0.3 is 0 Å². The third-order valence-corrected chi connectivity index (χ3v) is 5.09. The van der Waals surface area contributed by atoms with E-state index in [-0.39, 0.29) is 0 Å². The number of unbranched alkanes of at least 4 members (excludes halogenated alkanes) is 1. The Hall–Kier alpha value is -0.520. The van der Waals surface area contributed by atoms with E-state index in [9.17, 15) is 0 Å². The molecule has 0 amide bonds. The molecule has 0 saturated heterocycles. The lowest BCUT2D eigenvalue weighted by atomic mass is 9.69. The second-order valence-electron chi connectivity index (χ2n) is 7.08. The molecule has 0 N–H and O–H groups in total. The van der Waals surface area contributed by atoms with Crippen LogP contribution in [0, 0.1) is 17.3 Å². The van der Waals surface area contributed by atoms with Crippen LogP contribution in [0.1, 0.15) is 87.5 Å². The first-order valence-electron chi connectivity index (χ1n) is 8.68. The van der Waals surface area contributed by atoms with Gasteiger partial charge in [0.25, 0.3) is 0 Å². The summed E-state index contributed by atoms with van der Waals surface area (Å²) in [6, 6.07) is 0. The van der Waals surface area contributed by atoms with Crippen LogP contribution in [-0.2, 0) is 0 Å². The van der Waals surface area contributed by atoms with Gasteiger partial charge in [-0.2, -0.15) is 0 Å². The van der Waals surface area contributed by atoms with Crippen molar-refractivity contribution in [3.63, 3.8) is 0 Å². The molecule has 0 aliphatic heterocycles. The quantitative estimate of drug-likeness (QED) is 0.392. The van der Waals surface area contributed by atoms with Crippen LogP contribution in [-0.4, -0.2) is 0 Å². The minimum Gasteiger partial charge on any atom is -0.0708 e. The summed E-state index contributed by atoms with van der Waals surface area (Å²) in [4.78, 5) is 0. The van der Waals surface area contributed by atoms with Gasteiger partial charge in [0.1, 0.15) is 0 Å². The fraction of sp³-hybridized carbons (Fsp3) is 0.800. The molecule has 0 rings (SSSR count). The van der Waals surface area contributed by atoms with E-state index < -0.39 is 0 Å².